The summed E-state index contributed by atoms with van der Waals surface area (Å²) in [7, 11) is 1.33. The second kappa shape index (κ2) is 12.0. The van der Waals surface area contributed by atoms with Crippen molar-refractivity contribution >= 4 is 23.9 Å². The average Bonchev–Trinajstić information content (AvgIpc) is 2.82. The van der Waals surface area contributed by atoms with E-state index in [1.165, 1.54) is 31.0 Å². The molecule has 9 nitrogen and oxygen atoms in total. The van der Waals surface area contributed by atoms with E-state index < -0.39 is 30.2 Å². The van der Waals surface area contributed by atoms with E-state index in [1.807, 2.05) is 6.07 Å². The van der Waals surface area contributed by atoms with Crippen molar-refractivity contribution in [2.45, 2.75) is 38.6 Å². The van der Waals surface area contributed by atoms with Gasteiger partial charge in [-0.3, -0.25) is 14.6 Å². The molecule has 0 spiro atoms. The number of carboxylic acid groups (broad SMARTS) is 1. The molecule has 5 N–H and O–H groups in total. The minimum atomic E-state index is -1.15. The van der Waals surface area contributed by atoms with Crippen LogP contribution in [0.4, 0.5) is 10.2 Å². The van der Waals surface area contributed by atoms with Crippen molar-refractivity contribution in [1.29, 1.82) is 0 Å². The summed E-state index contributed by atoms with van der Waals surface area (Å²) in [6, 6.07) is 7.09. The van der Waals surface area contributed by atoms with Gasteiger partial charge in [-0.15, -0.1) is 0 Å². The third-order valence-electron chi connectivity index (χ3n) is 5.60. The monoisotopic (exact) mass is 483 g/mol. The molecule has 1 aliphatic heterocycles. The Balaban J connectivity index is 1.67. The maximum Gasteiger partial charge on any atom is 0.305 e. The number of aryl methyl sites for hydroxylation is 1. The van der Waals surface area contributed by atoms with Crippen LogP contribution in [0.2, 0.25) is 0 Å². The van der Waals surface area contributed by atoms with Crippen LogP contribution in [0.25, 0.3) is 0 Å². The van der Waals surface area contributed by atoms with Crippen molar-refractivity contribution in [3.8, 4) is 5.75 Å². The number of carbonyl (C=O) groups is 2. The molecule has 1 aromatic carbocycles. The van der Waals surface area contributed by atoms with Gasteiger partial charge in [-0.25, -0.2) is 9.37 Å². The van der Waals surface area contributed by atoms with Crippen LogP contribution in [0.1, 0.15) is 42.6 Å². The molecule has 186 valence electrons. The first kappa shape index (κ1) is 25.7. The molecule has 0 saturated carbocycles. The summed E-state index contributed by atoms with van der Waals surface area (Å²) >= 11 is 0. The average molecular weight is 484 g/mol. The number of nitrogens with one attached hydrogen (secondary N) is 2. The topological polar surface area (TPSA) is 139 Å². The molecule has 1 aliphatic rings. The van der Waals surface area contributed by atoms with Gasteiger partial charge in [-0.2, -0.15) is 0 Å². The van der Waals surface area contributed by atoms with Crippen LogP contribution < -0.4 is 21.1 Å². The minimum absolute atomic E-state index is 0.0175. The summed E-state index contributed by atoms with van der Waals surface area (Å²) in [6.07, 6.45) is 3.61. The second-order valence-electron chi connectivity index (χ2n) is 8.24. The number of hydrogen-bond donors (Lipinski definition) is 4. The molecule has 10 heteroatoms. The van der Waals surface area contributed by atoms with Gasteiger partial charge < -0.3 is 26.2 Å². The van der Waals surface area contributed by atoms with Gasteiger partial charge in [0.2, 0.25) is 0 Å². The van der Waals surface area contributed by atoms with Crippen LogP contribution in [-0.2, 0) is 22.4 Å². The van der Waals surface area contributed by atoms with Crippen LogP contribution in [0.3, 0.4) is 0 Å². The first-order chi connectivity index (χ1) is 16.8. The number of allylic oxidation sites excluding steroid dienone is 1. The van der Waals surface area contributed by atoms with Gasteiger partial charge in [0.15, 0.2) is 11.6 Å². The SMILES string of the molecule is COc1ccc([C@H](CC(=O)O)NC(=O)C(C=NCCc2ccc3c(n2)NCCC3)=C(C)N)cc1F. The third kappa shape index (κ3) is 7.02. The normalized spacial score (nSPS) is 14.5. The van der Waals surface area contributed by atoms with Crippen molar-refractivity contribution in [3.63, 3.8) is 0 Å². The van der Waals surface area contributed by atoms with Gasteiger partial charge in [0.25, 0.3) is 5.91 Å². The van der Waals surface area contributed by atoms with Gasteiger partial charge in [-0.1, -0.05) is 12.1 Å². The molecule has 0 fully saturated rings. The van der Waals surface area contributed by atoms with E-state index in [9.17, 15) is 19.1 Å². The van der Waals surface area contributed by atoms with Crippen LogP contribution in [0.5, 0.6) is 5.75 Å². The number of anilines is 1. The van der Waals surface area contributed by atoms with Crippen molar-refractivity contribution < 1.29 is 23.8 Å². The summed E-state index contributed by atoms with van der Waals surface area (Å²) in [5.41, 5.74) is 8.61. The number of methoxy groups -OCH3 is 1. The van der Waals surface area contributed by atoms with Gasteiger partial charge in [-0.05, 0) is 49.1 Å². The first-order valence-corrected chi connectivity index (χ1v) is 11.3. The van der Waals surface area contributed by atoms with Gasteiger partial charge in [0.05, 0.1) is 25.1 Å². The number of rotatable bonds is 10. The number of carboxylic acids is 1. The molecule has 0 unspecified atom stereocenters. The summed E-state index contributed by atoms with van der Waals surface area (Å²) in [4.78, 5) is 33.2. The molecular weight excluding hydrogens is 453 g/mol. The van der Waals surface area contributed by atoms with E-state index in [2.05, 4.69) is 26.7 Å². The molecule has 0 radical (unpaired) electrons. The maximum absolute atomic E-state index is 14.2. The number of aliphatic imine (C=N–C) groups is 1. The van der Waals surface area contributed by atoms with Gasteiger partial charge in [0.1, 0.15) is 5.82 Å². The molecular formula is C25H30FN5O4. The summed E-state index contributed by atoms with van der Waals surface area (Å²) in [6.45, 7) is 2.85. The van der Waals surface area contributed by atoms with Crippen molar-refractivity contribution in [2.75, 3.05) is 25.5 Å². The Morgan fingerprint density at radius 1 is 1.37 bits per heavy atom. The van der Waals surface area contributed by atoms with Gasteiger partial charge >= 0.3 is 5.97 Å². The standard InChI is InChI=1S/C25H30FN5O4/c1-15(27)19(14-28-11-9-18-7-5-16-4-3-10-29-24(16)30-18)25(34)31-21(13-23(32)33)17-6-8-22(35-2)20(26)12-17/h5-8,12,14,21H,3-4,9-11,13,27H2,1-2H3,(H,29,30)(H,31,34)(H,32,33)/t21-/m0/s1. The molecule has 3 rings (SSSR count). The number of fused-ring (bicyclic) bond motifs is 1. The lowest BCUT2D eigenvalue weighted by Crippen LogP contribution is -2.33. The second-order valence-corrected chi connectivity index (χ2v) is 8.24. The van der Waals surface area contributed by atoms with E-state index in [1.54, 1.807) is 6.92 Å². The van der Waals surface area contributed by atoms with E-state index >= 15 is 0 Å². The predicted molar refractivity (Wildman–Crippen MR) is 131 cm³/mol. The molecule has 0 aliphatic carbocycles. The number of hydrogen-bond acceptors (Lipinski definition) is 7. The Morgan fingerprint density at radius 3 is 2.86 bits per heavy atom. The summed E-state index contributed by atoms with van der Waals surface area (Å²) < 4.78 is 19.1. The number of aromatic nitrogens is 1. The Morgan fingerprint density at radius 2 is 2.17 bits per heavy atom. The molecule has 1 amide bonds. The molecule has 2 aromatic rings. The quantitative estimate of drug-likeness (QED) is 0.301. The molecule has 2 heterocycles. The molecule has 1 atom stereocenters. The number of ether oxygens (including phenoxy) is 1. The molecule has 35 heavy (non-hydrogen) atoms. The van der Waals surface area contributed by atoms with E-state index in [0.717, 1.165) is 37.0 Å². The van der Waals surface area contributed by atoms with Crippen molar-refractivity contribution in [2.24, 2.45) is 10.7 Å². The Kier molecular flexibility index (Phi) is 8.77. The lowest BCUT2D eigenvalue weighted by atomic mass is 10.0. The van der Waals surface area contributed by atoms with Crippen molar-refractivity contribution in [3.05, 3.63) is 64.2 Å². The Labute approximate surface area is 203 Å². The lowest BCUT2D eigenvalue weighted by Gasteiger charge is -2.19. The predicted octanol–water partition coefficient (Wildman–Crippen LogP) is 2.77. The number of pyridine rings is 1. The highest BCUT2D eigenvalue weighted by Gasteiger charge is 2.22. The van der Waals surface area contributed by atoms with Crippen LogP contribution >= 0.6 is 0 Å². The number of nitrogens with zero attached hydrogens (tertiary/aromatic N) is 2. The molecule has 0 saturated heterocycles. The molecule has 0 bridgehead atoms. The highest BCUT2D eigenvalue weighted by molar-refractivity contribution is 6.12. The van der Waals surface area contributed by atoms with Crippen LogP contribution in [-0.4, -0.2) is 48.4 Å². The smallest absolute Gasteiger partial charge is 0.305 e. The van der Waals surface area contributed by atoms with Crippen LogP contribution in [0.15, 0.2) is 46.6 Å². The number of benzene rings is 1. The minimum Gasteiger partial charge on any atom is -0.494 e. The first-order valence-electron chi connectivity index (χ1n) is 11.3. The van der Waals surface area contributed by atoms with Crippen molar-refractivity contribution in [1.82, 2.24) is 10.3 Å². The fraction of sp³-hybridized carbons (Fsp3) is 0.360. The molecule has 1 aromatic heterocycles. The van der Waals surface area contributed by atoms with E-state index in [4.69, 9.17) is 10.5 Å². The number of carbonyl (C=O) groups excluding carboxylic acids is 1. The zero-order valence-corrected chi connectivity index (χ0v) is 19.8. The van der Waals surface area contributed by atoms with Crippen LogP contribution in [0, 0.1) is 5.82 Å². The number of nitrogens with two attached hydrogens (primary N) is 1. The fourth-order valence-electron chi connectivity index (χ4n) is 3.74. The number of aliphatic carboxylic acids is 1. The highest BCUT2D eigenvalue weighted by atomic mass is 19.1. The summed E-state index contributed by atoms with van der Waals surface area (Å²) in [5.74, 6) is -1.48. The van der Waals surface area contributed by atoms with Gasteiger partial charge in [0, 0.05) is 37.1 Å². The van der Waals surface area contributed by atoms with E-state index in [-0.39, 0.29) is 22.6 Å². The maximum atomic E-state index is 14.2. The number of amides is 1. The zero-order chi connectivity index (χ0) is 25.4. The lowest BCUT2D eigenvalue weighted by molar-refractivity contribution is -0.137. The highest BCUT2D eigenvalue weighted by Crippen LogP contribution is 2.24. The van der Waals surface area contributed by atoms with E-state index in [0.29, 0.717) is 13.0 Å². The largest absolute Gasteiger partial charge is 0.494 e. The third-order valence-corrected chi connectivity index (χ3v) is 5.60. The zero-order valence-electron chi connectivity index (χ0n) is 19.8. The Hall–Kier alpha value is -3.95. The summed E-state index contributed by atoms with van der Waals surface area (Å²) in [5, 5.41) is 15.2. The fourth-order valence-corrected chi connectivity index (χ4v) is 3.74. The number of halogens is 1. The Bertz CT molecular complexity index is 1140.